The number of benzene rings is 2. The Labute approximate surface area is 204 Å². The number of anilines is 2. The Bertz CT molecular complexity index is 1490. The van der Waals surface area contributed by atoms with Crippen LogP contribution in [-0.4, -0.2) is 40.9 Å². The van der Waals surface area contributed by atoms with Gasteiger partial charge >= 0.3 is 0 Å². The van der Waals surface area contributed by atoms with Crippen molar-refractivity contribution in [3.63, 3.8) is 0 Å². The highest BCUT2D eigenvalue weighted by atomic mass is 35.5. The number of fused-ring (bicyclic) bond motifs is 3. The number of rotatable bonds is 6. The van der Waals surface area contributed by atoms with Crippen molar-refractivity contribution in [2.75, 3.05) is 24.4 Å². The van der Waals surface area contributed by atoms with Crippen LogP contribution in [0, 0.1) is 5.82 Å². The van der Waals surface area contributed by atoms with Crippen LogP contribution in [0.5, 0.6) is 11.5 Å². The number of halogens is 2. The molecule has 0 spiro atoms. The quantitative estimate of drug-likeness (QED) is 0.320. The second-order valence-electron chi connectivity index (χ2n) is 8.35. The van der Waals surface area contributed by atoms with E-state index in [0.717, 1.165) is 0 Å². The molecular weight excluding hydrogens is 475 g/mol. The third-order valence-corrected chi connectivity index (χ3v) is 6.06. The molecule has 0 bridgehead atoms. The third kappa shape index (κ3) is 4.09. The molecule has 4 aromatic rings. The topological polar surface area (TPSA) is 105 Å². The second kappa shape index (κ2) is 8.68. The monoisotopic (exact) mass is 494 g/mol. The first-order valence-electron chi connectivity index (χ1n) is 10.7. The van der Waals surface area contributed by atoms with Crippen molar-refractivity contribution in [1.29, 1.82) is 0 Å². The van der Waals surface area contributed by atoms with Gasteiger partial charge in [-0.3, -0.25) is 9.59 Å². The van der Waals surface area contributed by atoms with Crippen molar-refractivity contribution in [1.82, 2.24) is 9.97 Å². The zero-order chi connectivity index (χ0) is 24.7. The van der Waals surface area contributed by atoms with E-state index in [1.807, 2.05) is 0 Å². The number of nitrogens with one attached hydrogen (secondary N) is 3. The second-order valence-corrected chi connectivity index (χ2v) is 8.75. The van der Waals surface area contributed by atoms with Gasteiger partial charge in [-0.15, -0.1) is 0 Å². The average Bonchev–Trinajstić information content (AvgIpc) is 3.25. The number of hydrogen-bond donors (Lipinski definition) is 3. The minimum absolute atomic E-state index is 0.119. The first kappa shape index (κ1) is 22.8. The molecule has 0 saturated carbocycles. The number of H-pyrrole nitrogens is 1. The van der Waals surface area contributed by atoms with Crippen LogP contribution in [0.2, 0.25) is 5.02 Å². The zero-order valence-corrected chi connectivity index (χ0v) is 19.5. The van der Waals surface area contributed by atoms with E-state index in [1.54, 1.807) is 31.3 Å². The third-order valence-electron chi connectivity index (χ3n) is 5.75. The van der Waals surface area contributed by atoms with E-state index >= 15 is 0 Å². The minimum Gasteiger partial charge on any atom is -0.457 e. The van der Waals surface area contributed by atoms with Crippen LogP contribution < -0.4 is 15.4 Å². The smallest absolute Gasteiger partial charge is 0.252 e. The van der Waals surface area contributed by atoms with Crippen LogP contribution in [0.15, 0.2) is 54.9 Å². The van der Waals surface area contributed by atoms with Gasteiger partial charge in [-0.05, 0) is 31.2 Å². The molecule has 0 radical (unpaired) electrons. The van der Waals surface area contributed by atoms with Gasteiger partial charge in [0.1, 0.15) is 28.5 Å². The Hall–Kier alpha value is -3.95. The summed E-state index contributed by atoms with van der Waals surface area (Å²) < 4.78 is 24.3. The molecular formula is C25H20ClFN4O4. The molecule has 2 aromatic heterocycles. The van der Waals surface area contributed by atoms with Gasteiger partial charge in [-0.25, -0.2) is 9.37 Å². The Morgan fingerprint density at radius 3 is 2.71 bits per heavy atom. The van der Waals surface area contributed by atoms with Crippen molar-refractivity contribution in [2.45, 2.75) is 12.5 Å². The average molecular weight is 495 g/mol. The molecule has 5 rings (SSSR count). The molecule has 1 amide bonds. The number of aromatic nitrogens is 2. The summed E-state index contributed by atoms with van der Waals surface area (Å²) in [7, 11) is 1.51. The Morgan fingerprint density at radius 1 is 1.17 bits per heavy atom. The maximum atomic E-state index is 13.5. The summed E-state index contributed by atoms with van der Waals surface area (Å²) in [4.78, 5) is 33.5. The molecule has 0 unspecified atom stereocenters. The summed E-state index contributed by atoms with van der Waals surface area (Å²) >= 11 is 6.45. The maximum Gasteiger partial charge on any atom is 0.252 e. The number of aromatic amines is 1. The van der Waals surface area contributed by atoms with Crippen LogP contribution in [0.1, 0.15) is 22.8 Å². The molecule has 178 valence electrons. The number of methoxy groups -OCH3 is 1. The fourth-order valence-electron chi connectivity index (χ4n) is 4.04. The number of pyridine rings is 1. The first-order chi connectivity index (χ1) is 16.8. The number of ketones is 1. The van der Waals surface area contributed by atoms with Crippen LogP contribution in [0.3, 0.4) is 0 Å². The lowest BCUT2D eigenvalue weighted by Crippen LogP contribution is -2.53. The van der Waals surface area contributed by atoms with Crippen molar-refractivity contribution in [3.8, 4) is 11.5 Å². The van der Waals surface area contributed by atoms with Crippen molar-refractivity contribution >= 4 is 45.7 Å². The lowest BCUT2D eigenvalue weighted by molar-refractivity contribution is -0.121. The highest BCUT2D eigenvalue weighted by Gasteiger charge is 2.39. The summed E-state index contributed by atoms with van der Waals surface area (Å²) in [5, 5.41) is 6.74. The number of nitrogens with zero attached hydrogens (tertiary/aromatic N) is 1. The fraction of sp³-hybridized carbons (Fsp3) is 0.160. The number of ether oxygens (including phenoxy) is 2. The van der Waals surface area contributed by atoms with E-state index in [2.05, 4.69) is 20.6 Å². The van der Waals surface area contributed by atoms with E-state index in [-0.39, 0.29) is 28.9 Å². The minimum atomic E-state index is -1.04. The molecule has 35 heavy (non-hydrogen) atoms. The number of carbonyl (C=O) groups excluding carboxylic acids is 2. The molecule has 3 N–H and O–H groups in total. The molecule has 0 fully saturated rings. The fourth-order valence-corrected chi connectivity index (χ4v) is 4.29. The normalized spacial score (nSPS) is 17.0. The summed E-state index contributed by atoms with van der Waals surface area (Å²) in [6.45, 7) is 1.83. The largest absolute Gasteiger partial charge is 0.457 e. The summed E-state index contributed by atoms with van der Waals surface area (Å²) in [6, 6.07) is 10.3. The van der Waals surface area contributed by atoms with E-state index in [9.17, 15) is 14.0 Å². The molecule has 0 aliphatic carbocycles. The van der Waals surface area contributed by atoms with E-state index < -0.39 is 11.4 Å². The van der Waals surface area contributed by atoms with Gasteiger partial charge in [-0.1, -0.05) is 17.7 Å². The molecule has 8 nitrogen and oxygen atoms in total. The van der Waals surface area contributed by atoms with E-state index in [4.69, 9.17) is 21.1 Å². The Balaban J connectivity index is 1.51. The standard InChI is InChI=1S/C25H20ClFN4O4/c1-25(12-34-2)24(33)30-19-11-29-23-20(21(19)31-25)17(10-28-23)22(32)16-7-6-15(9-18(16)26)35-14-5-3-4-13(27)8-14/h3-11,31H,12H2,1-2H3,(H,28,29)(H,30,33)/t25-/m0/s1. The number of carbonyl (C=O) groups is 2. The molecule has 1 atom stereocenters. The van der Waals surface area contributed by atoms with Gasteiger partial charge in [0.05, 0.1) is 40.2 Å². The lowest BCUT2D eigenvalue weighted by Gasteiger charge is -2.35. The molecule has 3 heterocycles. The predicted molar refractivity (Wildman–Crippen MR) is 130 cm³/mol. The molecule has 1 aliphatic rings. The van der Waals surface area contributed by atoms with Crippen LogP contribution >= 0.6 is 11.6 Å². The van der Waals surface area contributed by atoms with Gasteiger partial charge in [0.15, 0.2) is 5.78 Å². The summed E-state index contributed by atoms with van der Waals surface area (Å²) in [5.41, 5.74) is 1.01. The zero-order valence-electron chi connectivity index (χ0n) is 18.7. The Kier molecular flexibility index (Phi) is 5.66. The molecule has 1 aliphatic heterocycles. The Morgan fingerprint density at radius 2 is 1.97 bits per heavy atom. The summed E-state index contributed by atoms with van der Waals surface area (Å²) in [6.07, 6.45) is 3.07. The lowest BCUT2D eigenvalue weighted by atomic mass is 9.96. The van der Waals surface area contributed by atoms with Crippen LogP contribution in [0.25, 0.3) is 11.0 Å². The van der Waals surface area contributed by atoms with Crippen LogP contribution in [0.4, 0.5) is 15.8 Å². The van der Waals surface area contributed by atoms with Gasteiger partial charge in [0.2, 0.25) is 0 Å². The van der Waals surface area contributed by atoms with E-state index in [1.165, 1.54) is 37.6 Å². The van der Waals surface area contributed by atoms with E-state index in [0.29, 0.717) is 39.5 Å². The van der Waals surface area contributed by atoms with Crippen LogP contribution in [-0.2, 0) is 9.53 Å². The molecule has 2 aromatic carbocycles. The first-order valence-corrected chi connectivity index (χ1v) is 11.0. The van der Waals surface area contributed by atoms with Gasteiger partial charge in [0, 0.05) is 31.0 Å². The highest BCUT2D eigenvalue weighted by Crippen LogP contribution is 2.39. The highest BCUT2D eigenvalue weighted by molar-refractivity contribution is 6.36. The van der Waals surface area contributed by atoms with Gasteiger partial charge < -0.3 is 25.1 Å². The molecule has 10 heteroatoms. The maximum absolute atomic E-state index is 13.5. The van der Waals surface area contributed by atoms with Crippen molar-refractivity contribution in [3.05, 3.63) is 76.8 Å². The van der Waals surface area contributed by atoms with Gasteiger partial charge in [-0.2, -0.15) is 0 Å². The predicted octanol–water partition coefficient (Wildman–Crippen LogP) is 5.15. The number of amides is 1. The van der Waals surface area contributed by atoms with Crippen molar-refractivity contribution < 1.29 is 23.5 Å². The van der Waals surface area contributed by atoms with Gasteiger partial charge in [0.25, 0.3) is 5.91 Å². The summed E-state index contributed by atoms with van der Waals surface area (Å²) in [5.74, 6) is -0.381. The number of hydrogen-bond acceptors (Lipinski definition) is 6. The molecule has 0 saturated heterocycles. The SMILES string of the molecule is COC[C@]1(C)Nc2c(cnc3[nH]cc(C(=O)c4ccc(Oc5cccc(F)c5)cc4Cl)c23)NC1=O. The van der Waals surface area contributed by atoms with Crippen molar-refractivity contribution in [2.24, 2.45) is 0 Å².